The van der Waals surface area contributed by atoms with Crippen molar-refractivity contribution in [2.45, 2.75) is 76.3 Å². The van der Waals surface area contributed by atoms with Crippen LogP contribution in [0.5, 0.6) is 5.75 Å². The lowest BCUT2D eigenvalue weighted by molar-refractivity contribution is -0.126. The van der Waals surface area contributed by atoms with Gasteiger partial charge in [0.25, 0.3) is 5.91 Å². The molecule has 1 aromatic rings. The predicted octanol–water partition coefficient (Wildman–Crippen LogP) is 2.85. The van der Waals surface area contributed by atoms with E-state index >= 15 is 0 Å². The highest BCUT2D eigenvalue weighted by atomic mass is 16.5. The fourth-order valence-corrected chi connectivity index (χ4v) is 5.59. The van der Waals surface area contributed by atoms with Gasteiger partial charge in [0.15, 0.2) is 0 Å². The van der Waals surface area contributed by atoms with Gasteiger partial charge in [-0.1, -0.05) is 13.0 Å². The summed E-state index contributed by atoms with van der Waals surface area (Å²) in [6.07, 6.45) is 6.47. The first-order valence-corrected chi connectivity index (χ1v) is 12.0. The molecule has 3 aliphatic heterocycles. The summed E-state index contributed by atoms with van der Waals surface area (Å²) in [6.45, 7) is 9.07. The Hall–Kier alpha value is -2.38. The van der Waals surface area contributed by atoms with Crippen LogP contribution in [0.1, 0.15) is 61.4 Å². The van der Waals surface area contributed by atoms with E-state index in [0.717, 1.165) is 49.5 Å². The van der Waals surface area contributed by atoms with Crippen LogP contribution in [0.4, 0.5) is 0 Å². The number of hydrogen-bond acceptors (Lipinski definition) is 5. The second-order valence-electron chi connectivity index (χ2n) is 9.44. The summed E-state index contributed by atoms with van der Waals surface area (Å²) < 4.78 is 12.2. The summed E-state index contributed by atoms with van der Waals surface area (Å²) >= 11 is 0. The minimum atomic E-state index is -0.433. The fourth-order valence-electron chi connectivity index (χ4n) is 5.59. The molecule has 172 valence electrons. The second-order valence-corrected chi connectivity index (χ2v) is 9.44. The number of hydrogen-bond donors (Lipinski definition) is 1. The van der Waals surface area contributed by atoms with Crippen LogP contribution in [0.2, 0.25) is 0 Å². The quantitative estimate of drug-likeness (QED) is 0.738. The third kappa shape index (κ3) is 4.04. The molecule has 3 heterocycles. The number of nitrogens with one attached hydrogen (secondary N) is 1. The number of carbonyl (C=O) groups excluding carboxylic acids is 2. The van der Waals surface area contributed by atoms with Crippen LogP contribution in [-0.2, 0) is 16.1 Å². The lowest BCUT2D eigenvalue weighted by atomic mass is 9.89. The molecule has 2 amide bonds. The summed E-state index contributed by atoms with van der Waals surface area (Å²) in [7, 11) is 0. The standard InChI is InChI=1S/C25H33N3O4/c1-3-31-19-14-27(15-19)21-6-4-5-7-23(21)32-18-9-10-20-17(12-18)13-28(25(20)30)22-11-8-16(2)26-24(22)29/h9-10,12,19,21-23H,2-8,11,13-15H2,1H3,(H,26,29)/t21-,22?,23-/m1/s1. The number of allylic oxidation sites excluding steroid dienone is 1. The number of nitrogens with zero attached hydrogens (tertiary/aromatic N) is 2. The summed E-state index contributed by atoms with van der Waals surface area (Å²) in [5.41, 5.74) is 2.34. The Morgan fingerprint density at radius 2 is 1.97 bits per heavy atom. The van der Waals surface area contributed by atoms with Gasteiger partial charge in [-0.2, -0.15) is 0 Å². The van der Waals surface area contributed by atoms with Crippen LogP contribution in [0.3, 0.4) is 0 Å². The summed E-state index contributed by atoms with van der Waals surface area (Å²) in [5.74, 6) is 0.611. The maximum absolute atomic E-state index is 13.0. The van der Waals surface area contributed by atoms with Gasteiger partial charge in [0.1, 0.15) is 17.9 Å². The molecule has 32 heavy (non-hydrogen) atoms. The third-order valence-corrected chi connectivity index (χ3v) is 7.31. The Morgan fingerprint density at radius 1 is 1.16 bits per heavy atom. The van der Waals surface area contributed by atoms with Crippen molar-refractivity contribution in [2.24, 2.45) is 0 Å². The van der Waals surface area contributed by atoms with Crippen LogP contribution in [0.25, 0.3) is 0 Å². The average molecular weight is 440 g/mol. The topological polar surface area (TPSA) is 71.1 Å². The van der Waals surface area contributed by atoms with Crippen LogP contribution in [0.15, 0.2) is 30.5 Å². The van der Waals surface area contributed by atoms with Crippen molar-refractivity contribution < 1.29 is 19.1 Å². The maximum atomic E-state index is 13.0. The van der Waals surface area contributed by atoms with Crippen LogP contribution in [0, 0.1) is 0 Å². The van der Waals surface area contributed by atoms with E-state index in [2.05, 4.69) is 16.8 Å². The molecule has 1 unspecified atom stereocenters. The Morgan fingerprint density at radius 3 is 2.75 bits per heavy atom. The first-order chi connectivity index (χ1) is 15.5. The zero-order valence-corrected chi connectivity index (χ0v) is 18.8. The van der Waals surface area contributed by atoms with E-state index in [-0.39, 0.29) is 17.9 Å². The highest BCUT2D eigenvalue weighted by Gasteiger charge is 2.40. The van der Waals surface area contributed by atoms with E-state index in [4.69, 9.17) is 9.47 Å². The summed E-state index contributed by atoms with van der Waals surface area (Å²) in [4.78, 5) is 29.6. The fraction of sp³-hybridized carbons (Fsp3) is 0.600. The smallest absolute Gasteiger partial charge is 0.255 e. The Kier molecular flexibility index (Phi) is 5.95. The largest absolute Gasteiger partial charge is 0.489 e. The van der Waals surface area contributed by atoms with Gasteiger partial charge in [-0.15, -0.1) is 0 Å². The zero-order chi connectivity index (χ0) is 22.2. The van der Waals surface area contributed by atoms with Gasteiger partial charge in [-0.05, 0) is 62.8 Å². The molecule has 0 spiro atoms. The van der Waals surface area contributed by atoms with Crippen molar-refractivity contribution in [2.75, 3.05) is 19.7 Å². The Balaban J connectivity index is 1.26. The van der Waals surface area contributed by atoms with Gasteiger partial charge < -0.3 is 19.7 Å². The van der Waals surface area contributed by atoms with Gasteiger partial charge in [0.05, 0.1) is 6.10 Å². The molecule has 1 saturated carbocycles. The van der Waals surface area contributed by atoms with Gasteiger partial charge in [0, 0.05) is 43.5 Å². The lowest BCUT2D eigenvalue weighted by Gasteiger charge is -2.47. The van der Waals surface area contributed by atoms with Crippen molar-refractivity contribution in [3.63, 3.8) is 0 Å². The highest BCUT2D eigenvalue weighted by molar-refractivity contribution is 6.01. The predicted molar refractivity (Wildman–Crippen MR) is 120 cm³/mol. The van der Waals surface area contributed by atoms with E-state index < -0.39 is 6.04 Å². The minimum Gasteiger partial charge on any atom is -0.489 e. The van der Waals surface area contributed by atoms with Gasteiger partial charge in [-0.25, -0.2) is 0 Å². The number of likely N-dealkylation sites (tertiary alicyclic amines) is 1. The van der Waals surface area contributed by atoms with Gasteiger partial charge in [-0.3, -0.25) is 14.5 Å². The molecule has 1 aromatic carbocycles. The molecule has 0 radical (unpaired) electrons. The zero-order valence-electron chi connectivity index (χ0n) is 18.8. The number of piperidine rings is 1. The van der Waals surface area contributed by atoms with E-state index in [1.54, 1.807) is 4.90 Å². The van der Waals surface area contributed by atoms with E-state index in [9.17, 15) is 9.59 Å². The average Bonchev–Trinajstić information content (AvgIpc) is 3.07. The number of amides is 2. The van der Waals surface area contributed by atoms with Crippen molar-refractivity contribution in [1.29, 1.82) is 0 Å². The molecule has 0 aromatic heterocycles. The number of ether oxygens (including phenoxy) is 2. The Bertz CT molecular complexity index is 910. The molecular weight excluding hydrogens is 406 g/mol. The molecule has 7 heteroatoms. The monoisotopic (exact) mass is 439 g/mol. The second kappa shape index (κ2) is 8.87. The number of benzene rings is 1. The van der Waals surface area contributed by atoms with E-state index in [1.807, 2.05) is 25.1 Å². The van der Waals surface area contributed by atoms with Gasteiger partial charge in [0.2, 0.25) is 5.91 Å². The maximum Gasteiger partial charge on any atom is 0.255 e. The third-order valence-electron chi connectivity index (χ3n) is 7.31. The van der Waals surface area contributed by atoms with Crippen molar-refractivity contribution in [1.82, 2.24) is 15.1 Å². The molecule has 5 rings (SSSR count). The van der Waals surface area contributed by atoms with Crippen molar-refractivity contribution in [3.8, 4) is 5.75 Å². The highest BCUT2D eigenvalue weighted by Crippen LogP contribution is 2.34. The van der Waals surface area contributed by atoms with Crippen molar-refractivity contribution >= 4 is 11.8 Å². The summed E-state index contributed by atoms with van der Waals surface area (Å²) in [5, 5.41) is 2.79. The van der Waals surface area contributed by atoms with E-state index in [1.165, 1.54) is 12.8 Å². The molecule has 3 atom stereocenters. The van der Waals surface area contributed by atoms with Crippen LogP contribution in [-0.4, -0.2) is 65.6 Å². The molecule has 3 fully saturated rings. The number of fused-ring (bicyclic) bond motifs is 1. The van der Waals surface area contributed by atoms with Crippen LogP contribution < -0.4 is 10.1 Å². The first kappa shape index (κ1) is 21.5. The summed E-state index contributed by atoms with van der Waals surface area (Å²) in [6, 6.07) is 5.76. The lowest BCUT2D eigenvalue weighted by Crippen LogP contribution is -2.61. The number of carbonyl (C=O) groups is 2. The normalized spacial score (nSPS) is 29.0. The SMILES string of the molecule is C=C1CCC(N2Cc3cc(O[C@@H]4CCCC[C@H]4N4CC(OCC)C4)ccc3C2=O)C(=O)N1. The number of rotatable bonds is 6. The molecular formula is C25H33N3O4. The molecule has 0 bridgehead atoms. The minimum absolute atomic E-state index is 0.0719. The Labute approximate surface area is 189 Å². The molecule has 2 saturated heterocycles. The van der Waals surface area contributed by atoms with E-state index in [0.29, 0.717) is 37.1 Å². The molecule has 4 aliphatic rings. The van der Waals surface area contributed by atoms with Crippen LogP contribution >= 0.6 is 0 Å². The molecule has 7 nitrogen and oxygen atoms in total. The molecule has 1 aliphatic carbocycles. The molecule has 1 N–H and O–H groups in total. The first-order valence-electron chi connectivity index (χ1n) is 12.0. The van der Waals surface area contributed by atoms with Gasteiger partial charge >= 0.3 is 0 Å². The van der Waals surface area contributed by atoms with Crippen molar-refractivity contribution in [3.05, 3.63) is 41.6 Å².